The van der Waals surface area contributed by atoms with Gasteiger partial charge in [0.2, 0.25) is 5.12 Å². The molecule has 0 aromatic rings. The van der Waals surface area contributed by atoms with Gasteiger partial charge < -0.3 is 0 Å². The third-order valence-electron chi connectivity index (χ3n) is 11.3. The van der Waals surface area contributed by atoms with Gasteiger partial charge in [0.05, 0.1) is 0 Å². The minimum atomic E-state index is -0.347. The molecule has 3 saturated carbocycles. The van der Waals surface area contributed by atoms with Crippen molar-refractivity contribution in [3.8, 4) is 0 Å². The van der Waals surface area contributed by atoms with Crippen LogP contribution in [0.15, 0.2) is 11.6 Å². The SMILES string of the molecule is CCCCCCCCC1CCC2C3CC=C4CC(SC(=O)C(Cl)C(C)C)CCC4(C)C3CCC12C. The van der Waals surface area contributed by atoms with E-state index in [4.69, 9.17) is 11.6 Å². The second kappa shape index (κ2) is 11.8. The van der Waals surface area contributed by atoms with E-state index in [1.54, 1.807) is 17.3 Å². The summed E-state index contributed by atoms with van der Waals surface area (Å²) in [5, 5.41) is 0.279. The Balaban J connectivity index is 1.36. The van der Waals surface area contributed by atoms with Gasteiger partial charge in [-0.1, -0.05) is 96.6 Å². The third-order valence-corrected chi connectivity index (χ3v) is 13.3. The van der Waals surface area contributed by atoms with Gasteiger partial charge in [-0.2, -0.15) is 0 Å². The Kier molecular flexibility index (Phi) is 9.49. The molecule has 4 rings (SSSR count). The maximum Gasteiger partial charge on any atom is 0.207 e. The number of rotatable bonds is 10. The summed E-state index contributed by atoms with van der Waals surface area (Å²) in [5.41, 5.74) is 2.66. The first kappa shape index (κ1) is 28.1. The highest BCUT2D eigenvalue weighted by Crippen LogP contribution is 2.67. The quantitative estimate of drug-likeness (QED) is 0.162. The summed E-state index contributed by atoms with van der Waals surface area (Å²) < 4.78 is 0. The smallest absolute Gasteiger partial charge is 0.207 e. The van der Waals surface area contributed by atoms with Crippen molar-refractivity contribution in [2.45, 2.75) is 142 Å². The molecule has 8 unspecified atom stereocenters. The van der Waals surface area contributed by atoms with Gasteiger partial charge in [-0.3, -0.25) is 4.79 Å². The molecule has 0 N–H and O–H groups in total. The molecule has 4 aliphatic carbocycles. The molecule has 0 bridgehead atoms. The summed E-state index contributed by atoms with van der Waals surface area (Å²) in [4.78, 5) is 12.7. The van der Waals surface area contributed by atoms with Crippen LogP contribution in [-0.4, -0.2) is 15.7 Å². The van der Waals surface area contributed by atoms with Crippen LogP contribution in [0.5, 0.6) is 0 Å². The molecule has 0 aromatic heterocycles. The van der Waals surface area contributed by atoms with E-state index in [1.165, 1.54) is 89.9 Å². The van der Waals surface area contributed by atoms with E-state index in [2.05, 4.69) is 40.7 Å². The Morgan fingerprint density at radius 1 is 1.03 bits per heavy atom. The van der Waals surface area contributed by atoms with E-state index < -0.39 is 0 Å². The number of unbranched alkanes of at least 4 members (excludes halogenated alkanes) is 5. The molecule has 0 aromatic carbocycles. The minimum Gasteiger partial charge on any atom is -0.286 e. The zero-order valence-electron chi connectivity index (χ0n) is 23.4. The van der Waals surface area contributed by atoms with Gasteiger partial charge in [-0.15, -0.1) is 11.6 Å². The van der Waals surface area contributed by atoms with Crippen molar-refractivity contribution in [1.82, 2.24) is 0 Å². The van der Waals surface area contributed by atoms with E-state index in [1.807, 2.05) is 0 Å². The summed E-state index contributed by atoms with van der Waals surface area (Å²) in [6, 6.07) is 0. The monoisotopic (exact) mass is 520 g/mol. The number of alkyl halides is 1. The molecule has 3 fully saturated rings. The van der Waals surface area contributed by atoms with Crippen molar-refractivity contribution in [2.24, 2.45) is 40.4 Å². The van der Waals surface area contributed by atoms with Crippen molar-refractivity contribution >= 4 is 28.5 Å². The number of hydrogen-bond acceptors (Lipinski definition) is 2. The fraction of sp³-hybridized carbons (Fsp3) is 0.906. The molecule has 1 nitrogen and oxygen atoms in total. The second-order valence-corrected chi connectivity index (χ2v) is 15.4. The third kappa shape index (κ3) is 5.74. The first-order valence-electron chi connectivity index (χ1n) is 15.2. The Bertz CT molecular complexity index is 761. The molecule has 0 aliphatic heterocycles. The van der Waals surface area contributed by atoms with E-state index in [9.17, 15) is 4.79 Å². The summed E-state index contributed by atoms with van der Waals surface area (Å²) >= 11 is 7.95. The predicted molar refractivity (Wildman–Crippen MR) is 154 cm³/mol. The normalized spacial score (nSPS) is 39.5. The number of thioether (sulfide) groups is 1. The van der Waals surface area contributed by atoms with Crippen LogP contribution >= 0.6 is 23.4 Å². The molecule has 3 heteroatoms. The fourth-order valence-corrected chi connectivity index (χ4v) is 10.4. The van der Waals surface area contributed by atoms with E-state index >= 15 is 0 Å². The number of hydrogen-bond donors (Lipinski definition) is 0. The molecule has 0 spiro atoms. The highest BCUT2D eigenvalue weighted by molar-refractivity contribution is 8.14. The summed E-state index contributed by atoms with van der Waals surface area (Å²) in [6.07, 6.45) is 23.4. The predicted octanol–water partition coefficient (Wildman–Crippen LogP) is 10.2. The van der Waals surface area contributed by atoms with Crippen LogP contribution in [0.4, 0.5) is 0 Å². The van der Waals surface area contributed by atoms with E-state index in [0.717, 1.165) is 30.1 Å². The lowest BCUT2D eigenvalue weighted by molar-refractivity contribution is -0.111. The molecule has 0 heterocycles. The number of carbonyl (C=O) groups is 1. The van der Waals surface area contributed by atoms with Gasteiger partial charge in [0.15, 0.2) is 0 Å². The van der Waals surface area contributed by atoms with Crippen LogP contribution in [0, 0.1) is 40.4 Å². The van der Waals surface area contributed by atoms with Crippen LogP contribution in [0.3, 0.4) is 0 Å². The van der Waals surface area contributed by atoms with Gasteiger partial charge in [-0.05, 0) is 98.2 Å². The van der Waals surface area contributed by atoms with Gasteiger partial charge in [0, 0.05) is 5.25 Å². The average molecular weight is 521 g/mol. The zero-order chi connectivity index (χ0) is 25.2. The lowest BCUT2D eigenvalue weighted by Crippen LogP contribution is -2.50. The van der Waals surface area contributed by atoms with Crippen LogP contribution in [0.25, 0.3) is 0 Å². The number of carbonyl (C=O) groups excluding carboxylic acids is 1. The zero-order valence-corrected chi connectivity index (χ0v) is 25.0. The van der Waals surface area contributed by atoms with Crippen molar-refractivity contribution in [2.75, 3.05) is 0 Å². The molecule has 35 heavy (non-hydrogen) atoms. The second-order valence-electron chi connectivity index (χ2n) is 13.6. The first-order chi connectivity index (χ1) is 16.7. The number of fused-ring (bicyclic) bond motifs is 5. The molecule has 200 valence electrons. The molecule has 0 radical (unpaired) electrons. The van der Waals surface area contributed by atoms with Crippen LogP contribution < -0.4 is 0 Å². The molecule has 4 aliphatic rings. The molecule has 8 atom stereocenters. The highest BCUT2D eigenvalue weighted by Gasteiger charge is 2.58. The Labute approximate surface area is 226 Å². The van der Waals surface area contributed by atoms with Crippen molar-refractivity contribution < 1.29 is 4.79 Å². The summed E-state index contributed by atoms with van der Waals surface area (Å²) in [7, 11) is 0. The van der Waals surface area contributed by atoms with Crippen LogP contribution in [-0.2, 0) is 4.79 Å². The Morgan fingerprint density at radius 3 is 2.51 bits per heavy atom. The van der Waals surface area contributed by atoms with Gasteiger partial charge >= 0.3 is 0 Å². The molecule has 0 amide bonds. The highest BCUT2D eigenvalue weighted by atomic mass is 35.5. The minimum absolute atomic E-state index is 0.195. The molecular formula is C32H53ClOS. The van der Waals surface area contributed by atoms with E-state index in [-0.39, 0.29) is 16.4 Å². The Morgan fingerprint density at radius 2 is 1.77 bits per heavy atom. The van der Waals surface area contributed by atoms with E-state index in [0.29, 0.717) is 16.1 Å². The number of halogens is 1. The van der Waals surface area contributed by atoms with Crippen molar-refractivity contribution in [3.63, 3.8) is 0 Å². The summed E-state index contributed by atoms with van der Waals surface area (Å²) in [5.74, 6) is 3.90. The standard InChI is InChI=1S/C32H53ClOS/c1-6-7-8-9-10-11-12-23-14-16-27-26-15-13-24-21-25(35-30(34)29(33)22(2)3)17-19-32(24,5)28(26)18-20-31(23,27)4/h13,22-23,25-29H,6-12,14-21H2,1-5H3. The molecule has 0 saturated heterocycles. The van der Waals surface area contributed by atoms with Gasteiger partial charge in [0.1, 0.15) is 5.38 Å². The lowest BCUT2D eigenvalue weighted by atomic mass is 9.47. The van der Waals surface area contributed by atoms with Gasteiger partial charge in [0.25, 0.3) is 0 Å². The topological polar surface area (TPSA) is 17.1 Å². The van der Waals surface area contributed by atoms with Crippen LogP contribution in [0.1, 0.15) is 131 Å². The maximum atomic E-state index is 12.7. The van der Waals surface area contributed by atoms with Crippen LogP contribution in [0.2, 0.25) is 0 Å². The van der Waals surface area contributed by atoms with Gasteiger partial charge in [-0.25, -0.2) is 0 Å². The Hall–Kier alpha value is 0.0500. The summed E-state index contributed by atoms with van der Waals surface area (Å²) in [6.45, 7) is 11.7. The average Bonchev–Trinajstić information content (AvgIpc) is 3.17. The lowest BCUT2D eigenvalue weighted by Gasteiger charge is -2.58. The largest absolute Gasteiger partial charge is 0.286 e. The fourth-order valence-electron chi connectivity index (χ4n) is 8.98. The first-order valence-corrected chi connectivity index (χ1v) is 16.6. The number of allylic oxidation sites excluding steroid dienone is 2. The molecular weight excluding hydrogens is 468 g/mol. The maximum absolute atomic E-state index is 12.7. The van der Waals surface area contributed by atoms with Crippen molar-refractivity contribution in [3.05, 3.63) is 11.6 Å². The van der Waals surface area contributed by atoms with Crippen molar-refractivity contribution in [1.29, 1.82) is 0 Å².